The van der Waals surface area contributed by atoms with Gasteiger partial charge >= 0.3 is 0 Å². The summed E-state index contributed by atoms with van der Waals surface area (Å²) in [4.78, 5) is 16.1. The van der Waals surface area contributed by atoms with Crippen LogP contribution in [0.4, 0.5) is 0 Å². The molecule has 0 saturated carbocycles. The van der Waals surface area contributed by atoms with E-state index in [0.717, 1.165) is 30.8 Å². The molecule has 1 fully saturated rings. The maximum absolute atomic E-state index is 12.2. The van der Waals surface area contributed by atoms with Crippen molar-refractivity contribution in [2.24, 2.45) is 0 Å². The summed E-state index contributed by atoms with van der Waals surface area (Å²) in [7, 11) is 1.91. The minimum absolute atomic E-state index is 0.159. The number of rotatable bonds is 2. The predicted molar refractivity (Wildman–Crippen MR) is 67.0 cm³/mol. The van der Waals surface area contributed by atoms with E-state index in [2.05, 4.69) is 5.32 Å². The highest BCUT2D eigenvalue weighted by molar-refractivity contribution is 7.13. The van der Waals surface area contributed by atoms with Gasteiger partial charge in [0.15, 0.2) is 0 Å². The molecule has 1 aromatic rings. The second-order valence-corrected chi connectivity index (χ2v) is 5.61. The Morgan fingerprint density at radius 3 is 2.94 bits per heavy atom. The van der Waals surface area contributed by atoms with Crippen LogP contribution in [0, 0.1) is 6.92 Å². The second-order valence-electron chi connectivity index (χ2n) is 4.33. The molecule has 3 nitrogen and oxygen atoms in total. The van der Waals surface area contributed by atoms with Gasteiger partial charge < -0.3 is 10.2 Å². The standard InChI is InChI=1S/C12H18N2OS/c1-9-5-6-11(16-9)12(15)14(2)10-4-3-7-13-8-10/h5-6,10,13H,3-4,7-8H2,1-2H3. The zero-order valence-electron chi connectivity index (χ0n) is 9.82. The molecule has 1 aliphatic heterocycles. The molecule has 0 aliphatic carbocycles. The van der Waals surface area contributed by atoms with E-state index in [-0.39, 0.29) is 5.91 Å². The van der Waals surface area contributed by atoms with E-state index in [1.54, 1.807) is 11.3 Å². The van der Waals surface area contributed by atoms with Crippen molar-refractivity contribution in [2.75, 3.05) is 20.1 Å². The maximum atomic E-state index is 12.2. The highest BCUT2D eigenvalue weighted by atomic mass is 32.1. The zero-order chi connectivity index (χ0) is 11.5. The molecule has 1 unspecified atom stereocenters. The molecular formula is C12H18N2OS. The molecule has 1 N–H and O–H groups in total. The lowest BCUT2D eigenvalue weighted by molar-refractivity contribution is 0.0713. The molecule has 1 aromatic heterocycles. The van der Waals surface area contributed by atoms with Gasteiger partial charge in [0.25, 0.3) is 5.91 Å². The van der Waals surface area contributed by atoms with Crippen molar-refractivity contribution in [3.05, 3.63) is 21.9 Å². The van der Waals surface area contributed by atoms with Crippen LogP contribution >= 0.6 is 11.3 Å². The number of nitrogens with zero attached hydrogens (tertiary/aromatic N) is 1. The number of aryl methyl sites for hydroxylation is 1. The number of likely N-dealkylation sites (N-methyl/N-ethyl adjacent to an activating group) is 1. The van der Waals surface area contributed by atoms with Gasteiger partial charge in [0, 0.05) is 24.5 Å². The summed E-state index contributed by atoms with van der Waals surface area (Å²) >= 11 is 1.58. The van der Waals surface area contributed by atoms with Crippen molar-refractivity contribution >= 4 is 17.2 Å². The Morgan fingerprint density at radius 1 is 1.56 bits per heavy atom. The Labute approximate surface area is 100 Å². The van der Waals surface area contributed by atoms with Gasteiger partial charge in [-0.25, -0.2) is 0 Å². The third kappa shape index (κ3) is 2.44. The molecule has 1 aliphatic rings. The first-order chi connectivity index (χ1) is 7.68. The second kappa shape index (κ2) is 4.97. The number of carbonyl (C=O) groups is 1. The lowest BCUT2D eigenvalue weighted by Gasteiger charge is -2.31. The summed E-state index contributed by atoms with van der Waals surface area (Å²) in [5.74, 6) is 0.159. The summed E-state index contributed by atoms with van der Waals surface area (Å²) in [6.07, 6.45) is 2.27. The van der Waals surface area contributed by atoms with E-state index in [1.165, 1.54) is 4.88 Å². The SMILES string of the molecule is Cc1ccc(C(=O)N(C)C2CCCNC2)s1. The fourth-order valence-electron chi connectivity index (χ4n) is 2.05. The highest BCUT2D eigenvalue weighted by Crippen LogP contribution is 2.19. The van der Waals surface area contributed by atoms with E-state index < -0.39 is 0 Å². The number of hydrogen-bond acceptors (Lipinski definition) is 3. The molecule has 0 radical (unpaired) electrons. The summed E-state index contributed by atoms with van der Waals surface area (Å²) < 4.78 is 0. The van der Waals surface area contributed by atoms with E-state index in [4.69, 9.17) is 0 Å². The van der Waals surface area contributed by atoms with E-state index in [9.17, 15) is 4.79 Å². The normalized spacial score (nSPS) is 20.8. The Bertz CT molecular complexity index is 369. The van der Waals surface area contributed by atoms with Gasteiger partial charge in [0.2, 0.25) is 0 Å². The van der Waals surface area contributed by atoms with Crippen molar-refractivity contribution in [3.8, 4) is 0 Å². The summed E-state index contributed by atoms with van der Waals surface area (Å²) in [5, 5.41) is 3.34. The van der Waals surface area contributed by atoms with Gasteiger partial charge in [-0.3, -0.25) is 4.79 Å². The number of hydrogen-bond donors (Lipinski definition) is 1. The maximum Gasteiger partial charge on any atom is 0.263 e. The molecule has 1 saturated heterocycles. The first kappa shape index (κ1) is 11.6. The van der Waals surface area contributed by atoms with Crippen molar-refractivity contribution in [3.63, 3.8) is 0 Å². The average Bonchev–Trinajstić information content (AvgIpc) is 2.75. The molecule has 0 aromatic carbocycles. The van der Waals surface area contributed by atoms with Crippen molar-refractivity contribution in [2.45, 2.75) is 25.8 Å². The number of amides is 1. The van der Waals surface area contributed by atoms with Crippen LogP contribution in [0.3, 0.4) is 0 Å². The average molecular weight is 238 g/mol. The molecule has 1 atom stereocenters. The predicted octanol–water partition coefficient (Wildman–Crippen LogP) is 1.88. The van der Waals surface area contributed by atoms with E-state index >= 15 is 0 Å². The molecule has 4 heteroatoms. The Morgan fingerprint density at radius 2 is 2.38 bits per heavy atom. The summed E-state index contributed by atoms with van der Waals surface area (Å²) in [6, 6.07) is 4.28. The molecule has 0 bridgehead atoms. The minimum atomic E-state index is 0.159. The highest BCUT2D eigenvalue weighted by Gasteiger charge is 2.23. The topological polar surface area (TPSA) is 32.3 Å². The first-order valence-corrected chi connectivity index (χ1v) is 6.54. The van der Waals surface area contributed by atoms with Crippen molar-refractivity contribution < 1.29 is 4.79 Å². The summed E-state index contributed by atoms with van der Waals surface area (Å²) in [5.41, 5.74) is 0. The van der Waals surface area contributed by atoms with Crippen LogP contribution in [0.25, 0.3) is 0 Å². The van der Waals surface area contributed by atoms with Crippen LogP contribution in [-0.2, 0) is 0 Å². The van der Waals surface area contributed by atoms with E-state index in [1.807, 2.05) is 31.0 Å². The lowest BCUT2D eigenvalue weighted by atomic mass is 10.1. The number of nitrogens with one attached hydrogen (secondary N) is 1. The molecule has 88 valence electrons. The Balaban J connectivity index is 2.03. The van der Waals surface area contributed by atoms with Crippen LogP contribution in [0.15, 0.2) is 12.1 Å². The number of thiophene rings is 1. The fraction of sp³-hybridized carbons (Fsp3) is 0.583. The third-order valence-corrected chi connectivity index (χ3v) is 4.08. The van der Waals surface area contributed by atoms with Crippen LogP contribution in [0.2, 0.25) is 0 Å². The molecule has 2 heterocycles. The zero-order valence-corrected chi connectivity index (χ0v) is 10.6. The van der Waals surface area contributed by atoms with Gasteiger partial charge in [-0.05, 0) is 38.4 Å². The van der Waals surface area contributed by atoms with Crippen molar-refractivity contribution in [1.29, 1.82) is 0 Å². The molecule has 1 amide bonds. The smallest absolute Gasteiger partial charge is 0.263 e. The Kier molecular flexibility index (Phi) is 3.61. The van der Waals surface area contributed by atoms with Gasteiger partial charge in [-0.15, -0.1) is 11.3 Å². The number of piperidine rings is 1. The largest absolute Gasteiger partial charge is 0.337 e. The molecule has 16 heavy (non-hydrogen) atoms. The van der Waals surface area contributed by atoms with Crippen molar-refractivity contribution in [1.82, 2.24) is 10.2 Å². The quantitative estimate of drug-likeness (QED) is 0.853. The lowest BCUT2D eigenvalue weighted by Crippen LogP contribution is -2.46. The first-order valence-electron chi connectivity index (χ1n) is 5.73. The van der Waals surface area contributed by atoms with Gasteiger partial charge in [0.05, 0.1) is 4.88 Å². The Hall–Kier alpha value is -0.870. The van der Waals surface area contributed by atoms with E-state index in [0.29, 0.717) is 6.04 Å². The summed E-state index contributed by atoms with van der Waals surface area (Å²) in [6.45, 7) is 4.03. The van der Waals surface area contributed by atoms with Crippen LogP contribution in [0.1, 0.15) is 27.4 Å². The monoisotopic (exact) mass is 238 g/mol. The molecular weight excluding hydrogens is 220 g/mol. The number of carbonyl (C=O) groups excluding carboxylic acids is 1. The molecule has 0 spiro atoms. The molecule has 2 rings (SSSR count). The minimum Gasteiger partial charge on any atom is -0.337 e. The third-order valence-electron chi connectivity index (χ3n) is 3.09. The van der Waals surface area contributed by atoms with Gasteiger partial charge in [0.1, 0.15) is 0 Å². The fourth-order valence-corrected chi connectivity index (χ4v) is 2.90. The van der Waals surface area contributed by atoms with Crippen LogP contribution in [0.5, 0.6) is 0 Å². The van der Waals surface area contributed by atoms with Crippen LogP contribution in [-0.4, -0.2) is 37.0 Å². The van der Waals surface area contributed by atoms with Gasteiger partial charge in [-0.1, -0.05) is 0 Å². The van der Waals surface area contributed by atoms with Gasteiger partial charge in [-0.2, -0.15) is 0 Å². The van der Waals surface area contributed by atoms with Crippen LogP contribution < -0.4 is 5.32 Å².